The maximum absolute atomic E-state index is 11.6. The number of thiophene rings is 1. The molecule has 0 amide bonds. The Morgan fingerprint density at radius 3 is 3.24 bits per heavy atom. The number of carbonyl (C=O) groups is 1. The zero-order valence-corrected chi connectivity index (χ0v) is 12.0. The van der Waals surface area contributed by atoms with Crippen molar-refractivity contribution in [3.63, 3.8) is 0 Å². The van der Waals surface area contributed by atoms with Gasteiger partial charge in [0.05, 0.1) is 33.2 Å². The van der Waals surface area contributed by atoms with Gasteiger partial charge in [-0.15, -0.1) is 23.1 Å². The Bertz CT molecular complexity index is 605. The summed E-state index contributed by atoms with van der Waals surface area (Å²) in [5.74, 6) is 0.359. The van der Waals surface area contributed by atoms with Crippen LogP contribution in [0.1, 0.15) is 16.1 Å². The van der Waals surface area contributed by atoms with E-state index < -0.39 is 5.97 Å². The van der Waals surface area contributed by atoms with E-state index in [0.717, 1.165) is 22.6 Å². The quantitative estimate of drug-likeness (QED) is 0.753. The highest BCUT2D eigenvalue weighted by Crippen LogP contribution is 2.46. The molecular weight excluding hydrogens is 324 g/mol. The molecule has 0 N–H and O–H groups in total. The molecule has 88 valence electrons. The standard InChI is InChI=1S/C10H7BrN2O2S2/c1-15-9(14)7-6-4-17-10-5(2-3-16-10)8(6)13(11)12-7/h2-3H,4H2,1H3. The lowest BCUT2D eigenvalue weighted by atomic mass is 10.1. The summed E-state index contributed by atoms with van der Waals surface area (Å²) in [5, 5.41) is 6.24. The largest absolute Gasteiger partial charge is 0.464 e. The summed E-state index contributed by atoms with van der Waals surface area (Å²) < 4.78 is 7.58. The molecule has 0 radical (unpaired) electrons. The second-order valence-corrected chi connectivity index (χ2v) is 6.27. The number of carbonyl (C=O) groups excluding carboxylic acids is 1. The average molecular weight is 331 g/mol. The van der Waals surface area contributed by atoms with E-state index in [0.29, 0.717) is 5.69 Å². The first-order valence-electron chi connectivity index (χ1n) is 4.79. The lowest BCUT2D eigenvalue weighted by Crippen LogP contribution is -2.05. The molecular formula is C10H7BrN2O2S2. The summed E-state index contributed by atoms with van der Waals surface area (Å²) in [5.41, 5.74) is 3.41. The molecule has 0 unspecified atom stereocenters. The Kier molecular flexibility index (Phi) is 2.76. The molecule has 0 spiro atoms. The van der Waals surface area contributed by atoms with Crippen LogP contribution in [-0.4, -0.2) is 21.9 Å². The monoisotopic (exact) mass is 330 g/mol. The van der Waals surface area contributed by atoms with Crippen molar-refractivity contribution in [2.24, 2.45) is 0 Å². The molecule has 0 atom stereocenters. The molecule has 1 aliphatic heterocycles. The lowest BCUT2D eigenvalue weighted by Gasteiger charge is -2.12. The van der Waals surface area contributed by atoms with Crippen LogP contribution in [0.3, 0.4) is 0 Å². The van der Waals surface area contributed by atoms with E-state index in [1.165, 1.54) is 11.3 Å². The number of halogens is 1. The minimum Gasteiger partial charge on any atom is -0.464 e. The Balaban J connectivity index is 2.23. The third-order valence-electron chi connectivity index (χ3n) is 2.56. The van der Waals surface area contributed by atoms with Crippen LogP contribution in [0.5, 0.6) is 0 Å². The van der Waals surface area contributed by atoms with Crippen molar-refractivity contribution >= 4 is 45.2 Å². The van der Waals surface area contributed by atoms with Gasteiger partial charge in [-0.25, -0.2) is 4.79 Å². The van der Waals surface area contributed by atoms with Crippen molar-refractivity contribution in [2.45, 2.75) is 9.96 Å². The fraction of sp³-hybridized carbons (Fsp3) is 0.200. The number of methoxy groups -OCH3 is 1. The number of ether oxygens (including phenoxy) is 1. The third kappa shape index (κ3) is 1.64. The molecule has 4 nitrogen and oxygen atoms in total. The van der Waals surface area contributed by atoms with Crippen LogP contribution in [0.2, 0.25) is 0 Å². The van der Waals surface area contributed by atoms with Gasteiger partial charge in [0.1, 0.15) is 0 Å². The van der Waals surface area contributed by atoms with E-state index in [-0.39, 0.29) is 0 Å². The normalized spacial score (nSPS) is 13.1. The molecule has 7 heteroatoms. The minimum atomic E-state index is -0.390. The molecule has 0 aromatic carbocycles. The molecule has 0 bridgehead atoms. The molecule has 3 heterocycles. The molecule has 0 saturated heterocycles. The van der Waals surface area contributed by atoms with Crippen LogP contribution in [0, 0.1) is 0 Å². The zero-order valence-electron chi connectivity index (χ0n) is 8.77. The number of fused-ring (bicyclic) bond motifs is 3. The molecule has 0 fully saturated rings. The number of esters is 1. The van der Waals surface area contributed by atoms with E-state index in [9.17, 15) is 4.79 Å². The molecule has 3 rings (SSSR count). The van der Waals surface area contributed by atoms with Crippen molar-refractivity contribution in [3.8, 4) is 11.3 Å². The number of thioether (sulfide) groups is 1. The topological polar surface area (TPSA) is 44.1 Å². The Labute approximate surface area is 114 Å². The highest BCUT2D eigenvalue weighted by atomic mass is 79.9. The predicted octanol–water partition coefficient (Wildman–Crippen LogP) is 3.16. The summed E-state index contributed by atoms with van der Waals surface area (Å²) >= 11 is 6.78. The molecule has 2 aromatic heterocycles. The molecule has 1 aliphatic rings. The Hall–Kier alpha value is -0.790. The van der Waals surface area contributed by atoms with Crippen molar-refractivity contribution in [1.29, 1.82) is 0 Å². The maximum Gasteiger partial charge on any atom is 0.358 e. The van der Waals surface area contributed by atoms with Crippen LogP contribution in [0.15, 0.2) is 15.7 Å². The number of aromatic nitrogens is 2. The van der Waals surface area contributed by atoms with Gasteiger partial charge < -0.3 is 4.74 Å². The number of nitrogens with zero attached hydrogens (tertiary/aromatic N) is 2. The van der Waals surface area contributed by atoms with Gasteiger partial charge in [0.25, 0.3) is 0 Å². The summed E-state index contributed by atoms with van der Waals surface area (Å²) in [6.07, 6.45) is 0. The van der Waals surface area contributed by atoms with Gasteiger partial charge in [0, 0.05) is 16.9 Å². The van der Waals surface area contributed by atoms with Crippen molar-refractivity contribution < 1.29 is 9.53 Å². The van der Waals surface area contributed by atoms with Crippen LogP contribution in [-0.2, 0) is 10.5 Å². The van der Waals surface area contributed by atoms with Crippen molar-refractivity contribution in [3.05, 3.63) is 22.7 Å². The Morgan fingerprint density at radius 2 is 2.47 bits per heavy atom. The molecule has 2 aromatic rings. The Morgan fingerprint density at radius 1 is 1.65 bits per heavy atom. The maximum atomic E-state index is 11.6. The minimum absolute atomic E-state index is 0.390. The summed E-state index contributed by atoms with van der Waals surface area (Å²) in [7, 11) is 1.37. The second kappa shape index (κ2) is 4.15. The summed E-state index contributed by atoms with van der Waals surface area (Å²) in [4.78, 5) is 11.6. The van der Waals surface area contributed by atoms with Crippen molar-refractivity contribution in [2.75, 3.05) is 7.11 Å². The van der Waals surface area contributed by atoms with Crippen LogP contribution >= 0.6 is 39.2 Å². The zero-order chi connectivity index (χ0) is 12.0. The number of hydrogen-bond donors (Lipinski definition) is 0. The SMILES string of the molecule is COC(=O)c1nn(Br)c2c1CSc1sccc1-2. The first-order valence-corrected chi connectivity index (χ1v) is 7.37. The highest BCUT2D eigenvalue weighted by Gasteiger charge is 2.29. The van der Waals surface area contributed by atoms with E-state index in [4.69, 9.17) is 4.74 Å². The van der Waals surface area contributed by atoms with Crippen LogP contribution in [0.25, 0.3) is 11.3 Å². The van der Waals surface area contributed by atoms with Crippen LogP contribution < -0.4 is 0 Å². The first-order chi connectivity index (χ1) is 8.22. The second-order valence-electron chi connectivity index (χ2n) is 3.44. The molecule has 17 heavy (non-hydrogen) atoms. The number of hydrogen-bond acceptors (Lipinski definition) is 5. The smallest absolute Gasteiger partial charge is 0.358 e. The van der Waals surface area contributed by atoms with E-state index >= 15 is 0 Å². The lowest BCUT2D eigenvalue weighted by molar-refractivity contribution is 0.0593. The highest BCUT2D eigenvalue weighted by molar-refractivity contribution is 9.08. The van der Waals surface area contributed by atoms with Crippen LogP contribution in [0.4, 0.5) is 0 Å². The van der Waals surface area contributed by atoms with Crippen molar-refractivity contribution in [1.82, 2.24) is 8.81 Å². The predicted molar refractivity (Wildman–Crippen MR) is 70.8 cm³/mol. The fourth-order valence-electron chi connectivity index (χ4n) is 1.80. The van der Waals surface area contributed by atoms with Gasteiger partial charge in [0.2, 0.25) is 0 Å². The molecule has 0 saturated carbocycles. The van der Waals surface area contributed by atoms with Gasteiger partial charge in [-0.05, 0) is 11.4 Å². The molecule has 0 aliphatic carbocycles. The van der Waals surface area contributed by atoms with Gasteiger partial charge in [-0.3, -0.25) is 0 Å². The van der Waals surface area contributed by atoms with E-state index in [1.54, 1.807) is 26.8 Å². The van der Waals surface area contributed by atoms with E-state index in [1.807, 2.05) is 11.4 Å². The summed E-state index contributed by atoms with van der Waals surface area (Å²) in [6, 6.07) is 2.05. The average Bonchev–Trinajstić information content (AvgIpc) is 2.92. The van der Waals surface area contributed by atoms with Gasteiger partial charge in [-0.2, -0.15) is 8.81 Å². The van der Waals surface area contributed by atoms with Gasteiger partial charge in [-0.1, -0.05) is 0 Å². The fourth-order valence-corrected chi connectivity index (χ4v) is 4.47. The van der Waals surface area contributed by atoms with Gasteiger partial charge >= 0.3 is 5.97 Å². The number of rotatable bonds is 1. The van der Waals surface area contributed by atoms with Gasteiger partial charge in [0.15, 0.2) is 5.69 Å². The van der Waals surface area contributed by atoms with E-state index in [2.05, 4.69) is 21.2 Å². The first kappa shape index (κ1) is 11.3. The summed E-state index contributed by atoms with van der Waals surface area (Å²) in [6.45, 7) is 0. The third-order valence-corrected chi connectivity index (χ3v) is 5.33.